The van der Waals surface area contributed by atoms with Gasteiger partial charge in [0.15, 0.2) is 8.32 Å². The number of rotatable bonds is 6. The van der Waals surface area contributed by atoms with Gasteiger partial charge in [0.25, 0.3) is 0 Å². The van der Waals surface area contributed by atoms with Crippen molar-refractivity contribution in [2.75, 3.05) is 12.3 Å². The first-order valence-electron chi connectivity index (χ1n) is 12.4. The lowest BCUT2D eigenvalue weighted by molar-refractivity contribution is 0.296. The fourth-order valence-electron chi connectivity index (χ4n) is 3.80. The Labute approximate surface area is 224 Å². The molecule has 0 atom stereocenters. The predicted octanol–water partition coefficient (Wildman–Crippen LogP) is 8.63. The smallest absolute Gasteiger partial charge is 0.192 e. The van der Waals surface area contributed by atoms with Gasteiger partial charge in [-0.15, -0.1) is 11.3 Å². The van der Waals surface area contributed by atoms with Crippen LogP contribution in [0.2, 0.25) is 18.1 Å². The summed E-state index contributed by atoms with van der Waals surface area (Å²) in [7, 11) is -1.82. The predicted molar refractivity (Wildman–Crippen MR) is 157 cm³/mol. The van der Waals surface area contributed by atoms with Gasteiger partial charge in [0, 0.05) is 47.1 Å². The van der Waals surface area contributed by atoms with Crippen molar-refractivity contribution in [3.05, 3.63) is 83.8 Å². The Morgan fingerprint density at radius 3 is 2.30 bits per heavy atom. The summed E-state index contributed by atoms with van der Waals surface area (Å²) < 4.78 is 20.1. The second-order valence-corrected chi connectivity index (χ2v) is 16.4. The van der Waals surface area contributed by atoms with Gasteiger partial charge in [-0.2, -0.15) is 0 Å². The number of nitrogen functional groups attached to an aromatic ring is 1. The van der Waals surface area contributed by atoms with Crippen molar-refractivity contribution < 1.29 is 8.82 Å². The third kappa shape index (κ3) is 6.19. The Kier molecular flexibility index (Phi) is 7.98. The molecule has 2 aromatic heterocycles. The maximum atomic E-state index is 13.8. The van der Waals surface area contributed by atoms with Crippen LogP contribution in [0.25, 0.3) is 32.7 Å². The first kappa shape index (κ1) is 26.8. The Balaban J connectivity index is 1.81. The molecule has 190 valence electrons. The first-order valence-corrected chi connectivity index (χ1v) is 16.1. The molecule has 0 radical (unpaired) electrons. The van der Waals surface area contributed by atoms with Crippen molar-refractivity contribution in [2.45, 2.75) is 45.3 Å². The molecule has 0 aliphatic carbocycles. The van der Waals surface area contributed by atoms with Crippen molar-refractivity contribution in [2.24, 2.45) is 0 Å². The number of hydrogen-bond acceptors (Lipinski definition) is 4. The van der Waals surface area contributed by atoms with E-state index >= 15 is 0 Å². The van der Waals surface area contributed by atoms with Gasteiger partial charge < -0.3 is 10.2 Å². The summed E-state index contributed by atoms with van der Waals surface area (Å²) in [5.41, 5.74) is 11.9. The van der Waals surface area contributed by atoms with E-state index in [0.717, 1.165) is 37.6 Å². The zero-order valence-corrected chi connectivity index (χ0v) is 23.9. The highest BCUT2D eigenvalue weighted by molar-refractivity contribution is 7.17. The second kappa shape index (κ2) is 11.0. The van der Waals surface area contributed by atoms with E-state index in [1.165, 1.54) is 12.1 Å². The number of nitrogens with zero attached hydrogens (tertiary/aromatic N) is 1. The summed E-state index contributed by atoms with van der Waals surface area (Å²) in [5.74, 6) is 6.54. The van der Waals surface area contributed by atoms with Gasteiger partial charge in [-0.1, -0.05) is 56.9 Å². The minimum absolute atomic E-state index is 0.165. The minimum Gasteiger partial charge on any atom is -0.416 e. The van der Waals surface area contributed by atoms with E-state index in [1.807, 2.05) is 42.5 Å². The molecule has 0 saturated carbocycles. The number of nitrogens with two attached hydrogens (primary N) is 1. The molecule has 2 aromatic carbocycles. The van der Waals surface area contributed by atoms with Crippen LogP contribution in [0.4, 0.5) is 10.1 Å². The van der Waals surface area contributed by atoms with Gasteiger partial charge in [0.1, 0.15) is 5.82 Å². The summed E-state index contributed by atoms with van der Waals surface area (Å²) in [5, 5.41) is 0.165. The van der Waals surface area contributed by atoms with E-state index in [4.69, 9.17) is 10.2 Å². The highest BCUT2D eigenvalue weighted by atomic mass is 32.1. The number of benzene rings is 2. The minimum atomic E-state index is -1.82. The van der Waals surface area contributed by atoms with E-state index in [2.05, 4.69) is 56.8 Å². The molecule has 0 aliphatic rings. The average Bonchev–Trinajstić information content (AvgIpc) is 3.23. The molecule has 37 heavy (non-hydrogen) atoms. The molecule has 0 fully saturated rings. The number of hydrogen-bond donors (Lipinski definition) is 1. The molecule has 6 heteroatoms. The van der Waals surface area contributed by atoms with E-state index in [1.54, 1.807) is 23.7 Å². The largest absolute Gasteiger partial charge is 0.416 e. The average molecular weight is 529 g/mol. The molecule has 0 bridgehead atoms. The maximum Gasteiger partial charge on any atom is 0.192 e. The number of aromatic nitrogens is 1. The Hall–Kier alpha value is -3.24. The Bertz CT molecular complexity index is 1430. The van der Waals surface area contributed by atoms with Crippen LogP contribution < -0.4 is 5.73 Å². The standard InChI is InChI=1S/C31H33FN2OSSi/c1-31(2,3)37(4,5)35-20-7-6-11-27-28(24-9-8-10-26(33)21-24)29(22-16-18-34-19-17-22)30(36-27)23-12-14-25(32)15-13-23/h8-10,12-19,21H,7,20,33H2,1-5H3. The summed E-state index contributed by atoms with van der Waals surface area (Å²) in [6, 6.07) is 18.5. The van der Waals surface area contributed by atoms with E-state index in [0.29, 0.717) is 18.7 Å². The molecular formula is C31H33FN2OSSi. The van der Waals surface area contributed by atoms with Crippen LogP contribution >= 0.6 is 11.3 Å². The van der Waals surface area contributed by atoms with E-state index in [9.17, 15) is 4.39 Å². The van der Waals surface area contributed by atoms with Crippen LogP contribution in [-0.4, -0.2) is 19.9 Å². The van der Waals surface area contributed by atoms with Crippen molar-refractivity contribution in [1.82, 2.24) is 4.98 Å². The fourth-order valence-corrected chi connectivity index (χ4v) is 6.07. The van der Waals surface area contributed by atoms with Crippen molar-refractivity contribution in [3.63, 3.8) is 0 Å². The van der Waals surface area contributed by atoms with Crippen LogP contribution in [0.3, 0.4) is 0 Å². The number of pyridine rings is 1. The molecule has 3 nitrogen and oxygen atoms in total. The monoisotopic (exact) mass is 528 g/mol. The number of halogens is 1. The summed E-state index contributed by atoms with van der Waals surface area (Å²) in [6.45, 7) is 11.9. The third-order valence-corrected chi connectivity index (χ3v) is 12.5. The molecule has 4 rings (SSSR count). The molecule has 4 aromatic rings. The van der Waals surface area contributed by atoms with Crippen LogP contribution in [0.15, 0.2) is 73.1 Å². The van der Waals surface area contributed by atoms with Crippen LogP contribution in [-0.2, 0) is 4.43 Å². The molecule has 2 heterocycles. The summed E-state index contributed by atoms with van der Waals surface area (Å²) >= 11 is 1.62. The Morgan fingerprint density at radius 2 is 1.65 bits per heavy atom. The maximum absolute atomic E-state index is 13.8. The van der Waals surface area contributed by atoms with Crippen LogP contribution in [0.1, 0.15) is 32.1 Å². The lowest BCUT2D eigenvalue weighted by Gasteiger charge is -2.35. The third-order valence-electron chi connectivity index (χ3n) is 6.86. The van der Waals surface area contributed by atoms with Crippen LogP contribution in [0.5, 0.6) is 0 Å². The quantitative estimate of drug-likeness (QED) is 0.118. The molecule has 0 amide bonds. The fraction of sp³-hybridized carbons (Fsp3) is 0.258. The lowest BCUT2D eigenvalue weighted by atomic mass is 9.93. The Morgan fingerprint density at radius 1 is 0.946 bits per heavy atom. The second-order valence-electron chi connectivity index (χ2n) is 10.5. The molecular weight excluding hydrogens is 496 g/mol. The van der Waals surface area contributed by atoms with Gasteiger partial charge in [0.05, 0.1) is 4.88 Å². The molecule has 0 saturated heterocycles. The van der Waals surface area contributed by atoms with E-state index < -0.39 is 8.32 Å². The summed E-state index contributed by atoms with van der Waals surface area (Å²) in [6.07, 6.45) is 4.22. The van der Waals surface area contributed by atoms with Crippen LogP contribution in [0, 0.1) is 17.7 Å². The first-order chi connectivity index (χ1) is 17.6. The number of anilines is 1. The highest BCUT2D eigenvalue weighted by Gasteiger charge is 2.36. The van der Waals surface area contributed by atoms with Crippen molar-refractivity contribution in [1.29, 1.82) is 0 Å². The van der Waals surface area contributed by atoms with Gasteiger partial charge in [-0.05, 0) is 71.2 Å². The molecule has 0 aliphatic heterocycles. The zero-order chi connectivity index (χ0) is 26.6. The topological polar surface area (TPSA) is 48.1 Å². The van der Waals surface area contributed by atoms with Crippen molar-refractivity contribution >= 4 is 25.3 Å². The molecule has 0 spiro atoms. The van der Waals surface area contributed by atoms with Gasteiger partial charge in [-0.3, -0.25) is 4.98 Å². The molecule has 0 unspecified atom stereocenters. The van der Waals surface area contributed by atoms with Gasteiger partial charge in [0.2, 0.25) is 0 Å². The highest BCUT2D eigenvalue weighted by Crippen LogP contribution is 2.48. The van der Waals surface area contributed by atoms with E-state index in [-0.39, 0.29) is 10.9 Å². The van der Waals surface area contributed by atoms with Gasteiger partial charge >= 0.3 is 0 Å². The lowest BCUT2D eigenvalue weighted by Crippen LogP contribution is -2.40. The van der Waals surface area contributed by atoms with Gasteiger partial charge in [-0.25, -0.2) is 4.39 Å². The SMILES string of the molecule is CC(C)(C)[Si](C)(C)OCCC#Cc1sc(-c2ccc(F)cc2)c(-c2ccncc2)c1-c1cccc(N)c1. The summed E-state index contributed by atoms with van der Waals surface area (Å²) in [4.78, 5) is 6.19. The number of thiophene rings is 1. The normalized spacial score (nSPS) is 11.7. The van der Waals surface area contributed by atoms with Crippen molar-refractivity contribution in [3.8, 4) is 44.5 Å². The molecule has 2 N–H and O–H groups in total. The zero-order valence-electron chi connectivity index (χ0n) is 22.1.